The Morgan fingerprint density at radius 2 is 2.10 bits per heavy atom. The number of thioether (sulfide) groups is 1. The number of hydrogen-bond donors (Lipinski definition) is 2. The van der Waals surface area contributed by atoms with Crippen molar-refractivity contribution in [3.05, 3.63) is 41.3 Å². The summed E-state index contributed by atoms with van der Waals surface area (Å²) in [6.45, 7) is 0. The Hall–Kier alpha value is -1.67. The maximum absolute atomic E-state index is 12.7. The lowest BCUT2D eigenvalue weighted by Crippen LogP contribution is -2.15. The number of benzene rings is 1. The van der Waals surface area contributed by atoms with Crippen LogP contribution in [0.15, 0.2) is 39.9 Å². The minimum atomic E-state index is -4.55. The zero-order valence-corrected chi connectivity index (χ0v) is 12.2. The molecule has 0 aliphatic rings. The molecule has 3 nitrogen and oxygen atoms in total. The van der Waals surface area contributed by atoms with Crippen LogP contribution in [0.25, 0.3) is 0 Å². The quantitative estimate of drug-likeness (QED) is 0.655. The molecule has 0 aliphatic heterocycles. The highest BCUT2D eigenvalue weighted by atomic mass is 32.2. The summed E-state index contributed by atoms with van der Waals surface area (Å²) < 4.78 is 39.1. The van der Waals surface area contributed by atoms with Crippen molar-refractivity contribution >= 4 is 40.4 Å². The summed E-state index contributed by atoms with van der Waals surface area (Å²) in [7, 11) is 0. The van der Waals surface area contributed by atoms with Crippen molar-refractivity contribution in [1.29, 1.82) is 0 Å². The van der Waals surface area contributed by atoms with Crippen LogP contribution in [0.1, 0.15) is 5.56 Å². The molecule has 0 fully saturated rings. The molecule has 0 bridgehead atoms. The van der Waals surface area contributed by atoms with Crippen LogP contribution in [0.2, 0.25) is 0 Å². The van der Waals surface area contributed by atoms with E-state index < -0.39 is 11.7 Å². The largest absolute Gasteiger partial charge is 0.418 e. The van der Waals surface area contributed by atoms with Crippen LogP contribution in [0.5, 0.6) is 0 Å². The van der Waals surface area contributed by atoms with Gasteiger partial charge in [0.25, 0.3) is 0 Å². The third kappa shape index (κ3) is 4.40. The summed E-state index contributed by atoms with van der Waals surface area (Å²) in [5.74, 6) is -0.238. The smallest absolute Gasteiger partial charge is 0.398 e. The summed E-state index contributed by atoms with van der Waals surface area (Å²) in [6.07, 6.45) is -4.55. The number of alkyl halides is 3. The number of hydrogen-bond acceptors (Lipinski definition) is 4. The van der Waals surface area contributed by atoms with Crippen molar-refractivity contribution in [3.63, 3.8) is 0 Å². The van der Waals surface area contributed by atoms with Crippen molar-refractivity contribution in [1.82, 2.24) is 0 Å². The van der Waals surface area contributed by atoms with Crippen LogP contribution in [0.3, 0.4) is 0 Å². The average Bonchev–Trinajstić information content (AvgIpc) is 2.90. The van der Waals surface area contributed by atoms with Crippen molar-refractivity contribution < 1.29 is 18.0 Å². The van der Waals surface area contributed by atoms with Gasteiger partial charge in [-0.15, -0.1) is 23.1 Å². The van der Waals surface area contributed by atoms with Gasteiger partial charge >= 0.3 is 6.18 Å². The first-order valence-electron chi connectivity index (χ1n) is 5.79. The van der Waals surface area contributed by atoms with Gasteiger partial charge in [0.05, 0.1) is 15.5 Å². The molecule has 0 radical (unpaired) electrons. The maximum atomic E-state index is 12.7. The summed E-state index contributed by atoms with van der Waals surface area (Å²) in [5, 5.41) is 4.32. The molecule has 21 heavy (non-hydrogen) atoms. The zero-order valence-electron chi connectivity index (χ0n) is 10.6. The molecule has 2 rings (SSSR count). The van der Waals surface area contributed by atoms with Gasteiger partial charge in [-0.3, -0.25) is 4.79 Å². The van der Waals surface area contributed by atoms with E-state index in [1.165, 1.54) is 29.2 Å². The van der Waals surface area contributed by atoms with Gasteiger partial charge < -0.3 is 11.1 Å². The Labute approximate surface area is 127 Å². The number of nitrogens with two attached hydrogens (primary N) is 1. The number of anilines is 2. The molecule has 0 aliphatic carbocycles. The molecular formula is C13H11F3N2OS2. The summed E-state index contributed by atoms with van der Waals surface area (Å²) >= 11 is 2.82. The summed E-state index contributed by atoms with van der Waals surface area (Å²) in [4.78, 5) is 11.7. The SMILES string of the molecule is Nc1ccc(NC(=O)CSc2cccs2)cc1C(F)(F)F. The first kappa shape index (κ1) is 15.7. The van der Waals surface area contributed by atoms with Crippen molar-refractivity contribution in [2.24, 2.45) is 0 Å². The van der Waals surface area contributed by atoms with Crippen molar-refractivity contribution in [2.45, 2.75) is 10.4 Å². The fourth-order valence-electron chi connectivity index (χ4n) is 1.56. The zero-order chi connectivity index (χ0) is 15.5. The van der Waals surface area contributed by atoms with Gasteiger partial charge in [-0.2, -0.15) is 13.2 Å². The number of thiophene rings is 1. The van der Waals surface area contributed by atoms with Gasteiger partial charge in [0.1, 0.15) is 0 Å². The Bertz CT molecular complexity index is 627. The van der Waals surface area contributed by atoms with E-state index in [1.807, 2.05) is 17.5 Å². The van der Waals surface area contributed by atoms with E-state index >= 15 is 0 Å². The second kappa shape index (κ2) is 6.40. The fraction of sp³-hybridized carbons (Fsp3) is 0.154. The second-order valence-corrected chi connectivity index (χ2v) is 6.29. The third-order valence-corrected chi connectivity index (χ3v) is 4.61. The van der Waals surface area contributed by atoms with E-state index in [0.29, 0.717) is 0 Å². The first-order valence-corrected chi connectivity index (χ1v) is 7.65. The molecule has 2 aromatic rings. The van der Waals surface area contributed by atoms with Gasteiger partial charge in [0.15, 0.2) is 0 Å². The predicted molar refractivity (Wildman–Crippen MR) is 79.5 cm³/mol. The third-order valence-electron chi connectivity index (χ3n) is 2.48. The number of halogens is 3. The molecule has 0 spiro atoms. The molecule has 1 heterocycles. The van der Waals surface area contributed by atoms with E-state index in [-0.39, 0.29) is 23.0 Å². The molecule has 0 atom stereocenters. The first-order chi connectivity index (χ1) is 9.86. The van der Waals surface area contributed by atoms with Crippen LogP contribution in [-0.4, -0.2) is 11.7 Å². The van der Waals surface area contributed by atoms with Crippen LogP contribution in [-0.2, 0) is 11.0 Å². The molecule has 112 valence electrons. The van der Waals surface area contributed by atoms with Crippen molar-refractivity contribution in [2.75, 3.05) is 16.8 Å². The molecule has 1 aromatic heterocycles. The Morgan fingerprint density at radius 3 is 2.71 bits per heavy atom. The van der Waals surface area contributed by atoms with E-state index in [2.05, 4.69) is 5.32 Å². The van der Waals surface area contributed by atoms with E-state index in [1.54, 1.807) is 0 Å². The van der Waals surface area contributed by atoms with Crippen LogP contribution in [0, 0.1) is 0 Å². The molecule has 8 heteroatoms. The number of amides is 1. The Balaban J connectivity index is 2.01. The van der Waals surface area contributed by atoms with E-state index in [9.17, 15) is 18.0 Å². The summed E-state index contributed by atoms with van der Waals surface area (Å²) in [6, 6.07) is 7.04. The van der Waals surface area contributed by atoms with Gasteiger partial charge in [-0.25, -0.2) is 0 Å². The molecule has 3 N–H and O–H groups in total. The molecule has 0 saturated carbocycles. The van der Waals surface area contributed by atoms with Gasteiger partial charge in [0.2, 0.25) is 5.91 Å². The monoisotopic (exact) mass is 332 g/mol. The molecule has 1 aromatic carbocycles. The minimum absolute atomic E-state index is 0.0771. The van der Waals surface area contributed by atoms with E-state index in [0.717, 1.165) is 16.3 Å². The number of nitrogen functional groups attached to an aromatic ring is 1. The average molecular weight is 332 g/mol. The Kier molecular flexibility index (Phi) is 4.79. The highest BCUT2D eigenvalue weighted by Crippen LogP contribution is 2.35. The number of carbonyl (C=O) groups excluding carboxylic acids is 1. The molecule has 0 saturated heterocycles. The predicted octanol–water partition coefficient (Wildman–Crippen LogP) is 4.08. The standard InChI is InChI=1S/C13H11F3N2OS2/c14-13(15,16)9-6-8(3-4-10(9)17)18-11(19)7-21-12-2-1-5-20-12/h1-6H,7,17H2,(H,18,19). The number of carbonyl (C=O) groups is 1. The van der Waals surface area contributed by atoms with E-state index in [4.69, 9.17) is 5.73 Å². The molecule has 1 amide bonds. The maximum Gasteiger partial charge on any atom is 0.418 e. The lowest BCUT2D eigenvalue weighted by Gasteiger charge is -2.12. The lowest BCUT2D eigenvalue weighted by molar-refractivity contribution is -0.136. The number of nitrogens with one attached hydrogen (secondary N) is 1. The minimum Gasteiger partial charge on any atom is -0.398 e. The molecule has 0 unspecified atom stereocenters. The lowest BCUT2D eigenvalue weighted by atomic mass is 10.1. The van der Waals surface area contributed by atoms with Gasteiger partial charge in [-0.1, -0.05) is 6.07 Å². The second-order valence-electron chi connectivity index (χ2n) is 4.07. The normalized spacial score (nSPS) is 11.4. The van der Waals surface area contributed by atoms with Gasteiger partial charge in [-0.05, 0) is 29.6 Å². The van der Waals surface area contributed by atoms with Gasteiger partial charge in [0, 0.05) is 11.4 Å². The topological polar surface area (TPSA) is 55.1 Å². The highest BCUT2D eigenvalue weighted by Gasteiger charge is 2.33. The Morgan fingerprint density at radius 1 is 1.33 bits per heavy atom. The van der Waals surface area contributed by atoms with Crippen LogP contribution < -0.4 is 11.1 Å². The van der Waals surface area contributed by atoms with Crippen molar-refractivity contribution in [3.8, 4) is 0 Å². The summed E-state index contributed by atoms with van der Waals surface area (Å²) in [5.41, 5.74) is 4.05. The number of rotatable bonds is 4. The molecular weight excluding hydrogens is 321 g/mol. The fourth-order valence-corrected chi connectivity index (χ4v) is 3.14. The van der Waals surface area contributed by atoms with Crippen LogP contribution in [0.4, 0.5) is 24.5 Å². The van der Waals surface area contributed by atoms with Crippen LogP contribution >= 0.6 is 23.1 Å². The highest BCUT2D eigenvalue weighted by molar-refractivity contribution is 8.01.